The summed E-state index contributed by atoms with van der Waals surface area (Å²) in [6, 6.07) is 11.7. The summed E-state index contributed by atoms with van der Waals surface area (Å²) >= 11 is 0. The topological polar surface area (TPSA) is 106 Å². The zero-order valence-corrected chi connectivity index (χ0v) is 22.0. The minimum Gasteiger partial charge on any atom is -0.424 e. The third-order valence-corrected chi connectivity index (χ3v) is 6.92. The molecule has 2 aromatic carbocycles. The van der Waals surface area contributed by atoms with Crippen molar-refractivity contribution >= 4 is 11.8 Å². The Morgan fingerprint density at radius 1 is 0.917 bits per heavy atom. The molecular weight excluding hydrogens is 454 g/mol. The van der Waals surface area contributed by atoms with Crippen molar-refractivity contribution < 1.29 is 14.0 Å². The lowest BCUT2D eigenvalue weighted by Crippen LogP contribution is -2.34. The number of fused-ring (bicyclic) bond motifs is 2. The molecule has 0 saturated carbocycles. The Morgan fingerprint density at radius 2 is 1.42 bits per heavy atom. The smallest absolute Gasteiger partial charge is 0.253 e. The second kappa shape index (κ2) is 9.85. The highest BCUT2D eigenvalue weighted by Crippen LogP contribution is 2.47. The van der Waals surface area contributed by atoms with Crippen LogP contribution in [0.2, 0.25) is 0 Å². The molecule has 3 aromatic rings. The molecule has 1 aliphatic carbocycles. The van der Waals surface area contributed by atoms with E-state index in [2.05, 4.69) is 10.2 Å². The number of benzene rings is 2. The zero-order chi connectivity index (χ0) is 26.2. The molecule has 1 heterocycles. The van der Waals surface area contributed by atoms with Gasteiger partial charge in [-0.3, -0.25) is 9.59 Å². The normalized spacial score (nSPS) is 14.1. The molecule has 4 rings (SSSR count). The summed E-state index contributed by atoms with van der Waals surface area (Å²) in [5.74, 6) is 1.02. The monoisotopic (exact) mass is 489 g/mol. The van der Waals surface area contributed by atoms with Crippen molar-refractivity contribution in [3.63, 3.8) is 0 Å². The molecule has 0 bridgehead atoms. The maximum Gasteiger partial charge on any atom is 0.253 e. The number of nitrogens with two attached hydrogens (primary N) is 1. The largest absolute Gasteiger partial charge is 0.424 e. The maximum absolute atomic E-state index is 12.8. The first-order valence-corrected chi connectivity index (χ1v) is 12.3. The van der Waals surface area contributed by atoms with Gasteiger partial charge in [-0.15, -0.1) is 10.2 Å². The van der Waals surface area contributed by atoms with E-state index < -0.39 is 5.41 Å². The van der Waals surface area contributed by atoms with E-state index in [0.717, 1.165) is 22.3 Å². The lowest BCUT2D eigenvalue weighted by molar-refractivity contribution is 0.0820. The molecule has 0 spiro atoms. The zero-order valence-electron chi connectivity index (χ0n) is 22.0. The minimum atomic E-state index is -0.796. The summed E-state index contributed by atoms with van der Waals surface area (Å²) in [5.41, 5.74) is 10.8. The van der Waals surface area contributed by atoms with E-state index in [1.165, 1.54) is 0 Å². The van der Waals surface area contributed by atoms with Crippen molar-refractivity contribution in [2.24, 2.45) is 5.73 Å². The molecule has 0 aliphatic heterocycles. The van der Waals surface area contributed by atoms with Gasteiger partial charge in [0.25, 0.3) is 11.8 Å². The van der Waals surface area contributed by atoms with E-state index in [1.54, 1.807) is 38.0 Å². The first-order valence-electron chi connectivity index (χ1n) is 12.3. The van der Waals surface area contributed by atoms with Crippen LogP contribution in [0.3, 0.4) is 0 Å². The van der Waals surface area contributed by atoms with Gasteiger partial charge in [0.15, 0.2) is 0 Å². The SMILES string of the molecule is CC(C)c1nnc(C2(CCN)c3ccc(C(=O)N(C)C)cc3CCc3cc(C(=O)N(C)C)ccc32)o1. The van der Waals surface area contributed by atoms with E-state index in [1.807, 2.05) is 50.2 Å². The molecule has 0 radical (unpaired) electrons. The van der Waals surface area contributed by atoms with E-state index >= 15 is 0 Å². The molecule has 0 unspecified atom stereocenters. The summed E-state index contributed by atoms with van der Waals surface area (Å²) in [5, 5.41) is 8.89. The number of nitrogens with zero attached hydrogens (tertiary/aromatic N) is 4. The number of amides is 2. The van der Waals surface area contributed by atoms with Crippen LogP contribution in [0.15, 0.2) is 40.8 Å². The standard InChI is InChI=1S/C28H35N5O3/c1-17(2)24-30-31-27(36-24)28(13-14-29)22-11-9-20(25(34)32(3)4)15-18(22)7-8-19-16-21(10-12-23(19)28)26(35)33(5)6/h9-12,15-17H,7-8,13-14,29H2,1-6H3. The quantitative estimate of drug-likeness (QED) is 0.569. The molecule has 36 heavy (non-hydrogen) atoms. The third kappa shape index (κ3) is 4.30. The van der Waals surface area contributed by atoms with E-state index in [4.69, 9.17) is 10.2 Å². The van der Waals surface area contributed by atoms with Crippen molar-refractivity contribution in [2.45, 2.75) is 44.4 Å². The molecule has 2 N–H and O–H groups in total. The van der Waals surface area contributed by atoms with Gasteiger partial charge in [0.05, 0.1) is 0 Å². The number of aryl methyl sites for hydroxylation is 2. The number of hydrogen-bond acceptors (Lipinski definition) is 6. The second-order valence-corrected chi connectivity index (χ2v) is 10.2. The van der Waals surface area contributed by atoms with Crippen LogP contribution < -0.4 is 5.73 Å². The van der Waals surface area contributed by atoms with Crippen LogP contribution in [0.1, 0.15) is 80.9 Å². The third-order valence-electron chi connectivity index (χ3n) is 6.92. The van der Waals surface area contributed by atoms with Crippen LogP contribution in [-0.2, 0) is 18.3 Å². The van der Waals surface area contributed by atoms with Crippen LogP contribution in [0, 0.1) is 0 Å². The highest BCUT2D eigenvalue weighted by atomic mass is 16.4. The van der Waals surface area contributed by atoms with E-state index in [9.17, 15) is 9.59 Å². The van der Waals surface area contributed by atoms with Gasteiger partial charge in [0, 0.05) is 45.2 Å². The van der Waals surface area contributed by atoms with Gasteiger partial charge in [-0.25, -0.2) is 0 Å². The Morgan fingerprint density at radius 3 is 1.81 bits per heavy atom. The average Bonchev–Trinajstić information content (AvgIpc) is 3.31. The second-order valence-electron chi connectivity index (χ2n) is 10.2. The predicted molar refractivity (Wildman–Crippen MR) is 138 cm³/mol. The highest BCUT2D eigenvalue weighted by molar-refractivity contribution is 5.95. The fourth-order valence-corrected chi connectivity index (χ4v) is 5.09. The van der Waals surface area contributed by atoms with Crippen molar-refractivity contribution in [3.05, 3.63) is 81.6 Å². The van der Waals surface area contributed by atoms with Gasteiger partial charge >= 0.3 is 0 Å². The van der Waals surface area contributed by atoms with Crippen molar-refractivity contribution in [1.29, 1.82) is 0 Å². The predicted octanol–water partition coefficient (Wildman–Crippen LogP) is 3.38. The van der Waals surface area contributed by atoms with Crippen molar-refractivity contribution in [3.8, 4) is 0 Å². The summed E-state index contributed by atoms with van der Waals surface area (Å²) in [6.45, 7) is 4.41. The van der Waals surface area contributed by atoms with Gasteiger partial charge in [-0.05, 0) is 72.3 Å². The maximum atomic E-state index is 12.8. The van der Waals surface area contributed by atoms with Gasteiger partial charge < -0.3 is 20.0 Å². The number of aromatic nitrogens is 2. The first-order chi connectivity index (χ1) is 17.1. The summed E-state index contributed by atoms with van der Waals surface area (Å²) in [7, 11) is 6.99. The van der Waals surface area contributed by atoms with Crippen molar-refractivity contribution in [1.82, 2.24) is 20.0 Å². The Balaban J connectivity index is 2.01. The summed E-state index contributed by atoms with van der Waals surface area (Å²) in [6.07, 6.45) is 1.94. The molecule has 190 valence electrons. The van der Waals surface area contributed by atoms with Crippen LogP contribution >= 0.6 is 0 Å². The molecule has 8 heteroatoms. The van der Waals surface area contributed by atoms with Gasteiger partial charge in [0.2, 0.25) is 11.8 Å². The van der Waals surface area contributed by atoms with Gasteiger partial charge in [-0.1, -0.05) is 26.0 Å². The van der Waals surface area contributed by atoms with Gasteiger partial charge in [-0.2, -0.15) is 0 Å². The lowest BCUT2D eigenvalue weighted by Gasteiger charge is -2.33. The first kappa shape index (κ1) is 25.6. The molecule has 1 aromatic heterocycles. The number of carbonyl (C=O) groups is 2. The van der Waals surface area contributed by atoms with Gasteiger partial charge in [0.1, 0.15) is 5.41 Å². The Kier molecular flexibility index (Phi) is 7.00. The Hall–Kier alpha value is -3.52. The van der Waals surface area contributed by atoms with Crippen LogP contribution in [0.5, 0.6) is 0 Å². The molecule has 0 atom stereocenters. The van der Waals surface area contributed by atoms with E-state index in [0.29, 0.717) is 48.7 Å². The molecule has 8 nitrogen and oxygen atoms in total. The van der Waals surface area contributed by atoms with Crippen LogP contribution in [0.25, 0.3) is 0 Å². The molecule has 0 fully saturated rings. The number of hydrogen-bond donors (Lipinski definition) is 1. The summed E-state index contributed by atoms with van der Waals surface area (Å²) < 4.78 is 6.31. The average molecular weight is 490 g/mol. The lowest BCUT2D eigenvalue weighted by atomic mass is 9.69. The van der Waals surface area contributed by atoms with Crippen LogP contribution in [-0.4, -0.2) is 66.5 Å². The fourth-order valence-electron chi connectivity index (χ4n) is 5.09. The number of rotatable bonds is 6. The minimum absolute atomic E-state index is 0.0530. The highest BCUT2D eigenvalue weighted by Gasteiger charge is 2.45. The molecule has 0 saturated heterocycles. The summed E-state index contributed by atoms with van der Waals surface area (Å²) in [4.78, 5) is 28.7. The van der Waals surface area contributed by atoms with Crippen LogP contribution in [0.4, 0.5) is 0 Å². The number of carbonyl (C=O) groups excluding carboxylic acids is 2. The Labute approximate surface area is 212 Å². The Bertz CT molecular complexity index is 1220. The van der Waals surface area contributed by atoms with E-state index in [-0.39, 0.29) is 17.7 Å². The van der Waals surface area contributed by atoms with Crippen molar-refractivity contribution in [2.75, 3.05) is 34.7 Å². The fraction of sp³-hybridized carbons (Fsp3) is 0.429. The molecular formula is C28H35N5O3. The molecule has 1 aliphatic rings. The molecule has 2 amide bonds.